The Labute approximate surface area is 151 Å². The first-order valence-corrected chi connectivity index (χ1v) is 7.87. The second kappa shape index (κ2) is 6.01. The van der Waals surface area contributed by atoms with E-state index in [9.17, 15) is 18.0 Å². The third-order valence-electron chi connectivity index (χ3n) is 4.20. The molecule has 2 heterocycles. The second-order valence-corrected chi connectivity index (χ2v) is 5.92. The number of rotatable bonds is 2. The number of halogens is 3. The first kappa shape index (κ1) is 16.9. The highest BCUT2D eigenvalue weighted by Crippen LogP contribution is 2.38. The molecule has 0 aliphatic carbocycles. The van der Waals surface area contributed by atoms with Gasteiger partial charge in [0.1, 0.15) is 5.71 Å². The minimum absolute atomic E-state index is 0.0338. The maximum absolute atomic E-state index is 13.7. The van der Waals surface area contributed by atoms with E-state index in [1.165, 1.54) is 12.1 Å². The fourth-order valence-corrected chi connectivity index (χ4v) is 2.97. The maximum atomic E-state index is 13.7. The molecule has 5 nitrogen and oxygen atoms in total. The summed E-state index contributed by atoms with van der Waals surface area (Å²) in [6.07, 6.45) is -3.70. The molecular weight excluding hydrogens is 359 g/mol. The Morgan fingerprint density at radius 2 is 1.81 bits per heavy atom. The predicted octanol–water partition coefficient (Wildman–Crippen LogP) is 4.81. The van der Waals surface area contributed by atoms with Gasteiger partial charge in [-0.15, -0.1) is 0 Å². The number of H-pyrrole nitrogens is 1. The number of hydrogen-bond acceptors (Lipinski definition) is 3. The summed E-state index contributed by atoms with van der Waals surface area (Å²) in [5, 5.41) is 4.65. The van der Waals surface area contributed by atoms with Crippen LogP contribution in [0.2, 0.25) is 0 Å². The third kappa shape index (κ3) is 3.05. The average Bonchev–Trinajstić information content (AvgIpc) is 3.08. The van der Waals surface area contributed by atoms with Gasteiger partial charge in [-0.05, 0) is 34.7 Å². The molecule has 0 bridgehead atoms. The summed E-state index contributed by atoms with van der Waals surface area (Å²) in [5.41, 5.74) is 2.62. The number of cyclic esters (lactones) is 1. The van der Waals surface area contributed by atoms with Crippen molar-refractivity contribution >= 4 is 22.7 Å². The number of aromatic nitrogens is 1. The van der Waals surface area contributed by atoms with Crippen LogP contribution in [0.1, 0.15) is 11.1 Å². The smallest absolute Gasteiger partial charge is 0.407 e. The minimum Gasteiger partial charge on any atom is -0.407 e. The zero-order chi connectivity index (χ0) is 19.2. The van der Waals surface area contributed by atoms with Gasteiger partial charge in [0.15, 0.2) is 5.76 Å². The van der Waals surface area contributed by atoms with E-state index in [0.29, 0.717) is 5.56 Å². The number of alkyl halides is 3. The van der Waals surface area contributed by atoms with E-state index in [0.717, 1.165) is 17.0 Å². The van der Waals surface area contributed by atoms with Crippen molar-refractivity contribution in [2.24, 2.45) is 5.10 Å². The van der Waals surface area contributed by atoms with E-state index in [-0.39, 0.29) is 22.6 Å². The third-order valence-corrected chi connectivity index (χ3v) is 4.20. The highest BCUT2D eigenvalue weighted by atomic mass is 19.4. The number of fused-ring (bicyclic) bond motifs is 1. The predicted molar refractivity (Wildman–Crippen MR) is 94.0 cm³/mol. The van der Waals surface area contributed by atoms with Gasteiger partial charge in [-0.25, -0.2) is 10.2 Å². The lowest BCUT2D eigenvalue weighted by molar-refractivity contribution is -0.137. The van der Waals surface area contributed by atoms with Crippen molar-refractivity contribution in [2.45, 2.75) is 6.18 Å². The molecule has 0 fully saturated rings. The molecule has 0 radical (unpaired) electrons. The molecule has 1 amide bonds. The Hall–Kier alpha value is -3.55. The van der Waals surface area contributed by atoms with Gasteiger partial charge in [-0.1, -0.05) is 30.8 Å². The van der Waals surface area contributed by atoms with Crippen molar-refractivity contribution in [1.29, 1.82) is 0 Å². The van der Waals surface area contributed by atoms with Crippen LogP contribution in [0, 0.1) is 0 Å². The van der Waals surface area contributed by atoms with Crippen LogP contribution < -0.4 is 5.43 Å². The molecule has 0 spiro atoms. The number of amides is 1. The van der Waals surface area contributed by atoms with Crippen molar-refractivity contribution in [3.63, 3.8) is 0 Å². The molecule has 8 heteroatoms. The molecule has 1 aliphatic heterocycles. The number of hydrazone groups is 1. The summed E-state index contributed by atoms with van der Waals surface area (Å²) >= 11 is 0. The minimum atomic E-state index is -4.59. The van der Waals surface area contributed by atoms with Gasteiger partial charge in [0, 0.05) is 17.3 Å². The fraction of sp³-hybridized carbons (Fsp3) is 0.0526. The number of carbonyl (C=O) groups is 1. The molecule has 2 N–H and O–H groups in total. The van der Waals surface area contributed by atoms with Crippen LogP contribution in [-0.2, 0) is 10.9 Å². The SMILES string of the molecule is C=C1OC(=O)NN=C1c1ccc(-c2ccc3cc[nH]c3c2)c(C(F)(F)F)c1. The van der Waals surface area contributed by atoms with Gasteiger partial charge in [0.05, 0.1) is 5.56 Å². The Morgan fingerprint density at radius 3 is 2.56 bits per heavy atom. The van der Waals surface area contributed by atoms with Crippen LogP contribution in [-0.4, -0.2) is 16.8 Å². The summed E-state index contributed by atoms with van der Waals surface area (Å²) in [6, 6.07) is 10.7. The monoisotopic (exact) mass is 371 g/mol. The summed E-state index contributed by atoms with van der Waals surface area (Å²) in [5.74, 6) is -0.118. The Morgan fingerprint density at radius 1 is 1.04 bits per heavy atom. The molecule has 0 atom stereocenters. The van der Waals surface area contributed by atoms with Gasteiger partial charge in [0.25, 0.3) is 0 Å². The van der Waals surface area contributed by atoms with Crippen LogP contribution in [0.3, 0.4) is 0 Å². The number of allylic oxidation sites excluding steroid dienone is 1. The summed E-state index contributed by atoms with van der Waals surface area (Å²) in [7, 11) is 0. The van der Waals surface area contributed by atoms with Crippen LogP contribution in [0.25, 0.3) is 22.0 Å². The Bertz CT molecular complexity index is 1110. The second-order valence-electron chi connectivity index (χ2n) is 5.92. The van der Waals surface area contributed by atoms with Crippen molar-refractivity contribution in [1.82, 2.24) is 10.4 Å². The average molecular weight is 371 g/mol. The van der Waals surface area contributed by atoms with Crippen molar-refractivity contribution in [2.75, 3.05) is 0 Å². The first-order valence-electron chi connectivity index (χ1n) is 7.87. The molecule has 0 saturated heterocycles. The maximum Gasteiger partial charge on any atom is 0.433 e. The topological polar surface area (TPSA) is 66.5 Å². The van der Waals surface area contributed by atoms with Crippen LogP contribution in [0.15, 0.2) is 66.1 Å². The van der Waals surface area contributed by atoms with Crippen molar-refractivity contribution in [3.8, 4) is 11.1 Å². The lowest BCUT2D eigenvalue weighted by Gasteiger charge is -2.18. The molecule has 1 aliphatic rings. The first-order chi connectivity index (χ1) is 12.8. The molecule has 3 aromatic rings. The standard InChI is InChI=1S/C19H12F3N3O2/c1-10-17(24-25-18(26)27-10)13-4-5-14(15(8-13)19(20,21)22)12-3-2-11-6-7-23-16(11)9-12/h2-9,23H,1H2,(H,25,26). The summed E-state index contributed by atoms with van der Waals surface area (Å²) < 4.78 is 45.9. The zero-order valence-electron chi connectivity index (χ0n) is 13.7. The lowest BCUT2D eigenvalue weighted by Crippen LogP contribution is -2.29. The summed E-state index contributed by atoms with van der Waals surface area (Å²) in [4.78, 5) is 14.1. The molecular formula is C19H12F3N3O2. The normalized spacial score (nSPS) is 14.7. The quantitative estimate of drug-likeness (QED) is 0.679. The number of nitrogens with zero attached hydrogens (tertiary/aromatic N) is 1. The van der Waals surface area contributed by atoms with Gasteiger partial charge >= 0.3 is 12.3 Å². The highest BCUT2D eigenvalue weighted by Gasteiger charge is 2.35. The van der Waals surface area contributed by atoms with Gasteiger partial charge in [-0.3, -0.25) is 0 Å². The highest BCUT2D eigenvalue weighted by molar-refractivity contribution is 6.13. The molecule has 1 aromatic heterocycles. The molecule has 4 rings (SSSR count). The van der Waals surface area contributed by atoms with Crippen LogP contribution >= 0.6 is 0 Å². The van der Waals surface area contributed by atoms with E-state index in [2.05, 4.69) is 22.1 Å². The van der Waals surface area contributed by atoms with Crippen LogP contribution in [0.5, 0.6) is 0 Å². The molecule has 2 aromatic carbocycles. The largest absolute Gasteiger partial charge is 0.433 e. The molecule has 0 saturated carbocycles. The number of benzene rings is 2. The Balaban J connectivity index is 1.85. The number of aromatic amines is 1. The number of ether oxygens (including phenoxy) is 1. The Kier molecular flexibility index (Phi) is 3.76. The fourth-order valence-electron chi connectivity index (χ4n) is 2.97. The van der Waals surface area contributed by atoms with Gasteiger partial charge in [-0.2, -0.15) is 18.3 Å². The number of nitrogens with one attached hydrogen (secondary N) is 2. The summed E-state index contributed by atoms with van der Waals surface area (Å²) in [6.45, 7) is 3.52. The lowest BCUT2D eigenvalue weighted by atomic mass is 9.94. The van der Waals surface area contributed by atoms with Gasteiger partial charge < -0.3 is 9.72 Å². The van der Waals surface area contributed by atoms with Crippen molar-refractivity contribution < 1.29 is 22.7 Å². The van der Waals surface area contributed by atoms with Crippen molar-refractivity contribution in [3.05, 3.63) is 72.1 Å². The zero-order valence-corrected chi connectivity index (χ0v) is 13.7. The molecule has 136 valence electrons. The van der Waals surface area contributed by atoms with E-state index >= 15 is 0 Å². The van der Waals surface area contributed by atoms with E-state index < -0.39 is 17.8 Å². The van der Waals surface area contributed by atoms with Gasteiger partial charge in [0.2, 0.25) is 0 Å². The number of carbonyl (C=O) groups excluding carboxylic acids is 1. The van der Waals surface area contributed by atoms with E-state index in [4.69, 9.17) is 4.74 Å². The van der Waals surface area contributed by atoms with E-state index in [1.54, 1.807) is 24.4 Å². The molecule has 0 unspecified atom stereocenters. The van der Waals surface area contributed by atoms with Crippen LogP contribution in [0.4, 0.5) is 18.0 Å². The molecule has 27 heavy (non-hydrogen) atoms. The van der Waals surface area contributed by atoms with E-state index in [1.807, 2.05) is 6.07 Å². The number of hydrogen-bond donors (Lipinski definition) is 2.